The Morgan fingerprint density at radius 2 is 1.00 bits per heavy atom. The van der Waals surface area contributed by atoms with E-state index in [9.17, 15) is 0 Å². The van der Waals surface area contributed by atoms with E-state index >= 15 is 0 Å². The first-order valence-corrected chi connectivity index (χ1v) is 8.54. The van der Waals surface area contributed by atoms with Gasteiger partial charge in [-0.3, -0.25) is 0 Å². The van der Waals surface area contributed by atoms with Gasteiger partial charge in [0.05, 0.1) is 12.1 Å². The predicted molar refractivity (Wildman–Crippen MR) is 90.7 cm³/mol. The van der Waals surface area contributed by atoms with E-state index in [1.165, 1.54) is 36.8 Å². The van der Waals surface area contributed by atoms with Gasteiger partial charge in [-0.15, -0.1) is 0 Å². The Bertz CT molecular complexity index is 540. The summed E-state index contributed by atoms with van der Waals surface area (Å²) >= 11 is 0. The third-order valence-electron chi connectivity index (χ3n) is 5.20. The second-order valence-corrected chi connectivity index (χ2v) is 6.61. The predicted octanol–water partition coefficient (Wildman–Crippen LogP) is 3.97. The van der Waals surface area contributed by atoms with Crippen LogP contribution in [-0.4, -0.2) is 12.1 Å². The summed E-state index contributed by atoms with van der Waals surface area (Å²) in [6.45, 7) is 0. The second kappa shape index (κ2) is 6.23. The molecule has 0 radical (unpaired) electrons. The molecule has 1 aliphatic heterocycles. The third kappa shape index (κ3) is 2.69. The zero-order valence-corrected chi connectivity index (χ0v) is 12.9. The normalized spacial score (nSPS) is 31.5. The molecule has 1 heterocycles. The molecule has 4 atom stereocenters. The number of piperazine rings is 1. The van der Waals surface area contributed by atoms with E-state index in [2.05, 4.69) is 71.3 Å². The van der Waals surface area contributed by atoms with Crippen molar-refractivity contribution in [3.05, 3.63) is 71.8 Å². The molecule has 2 heteroatoms. The van der Waals surface area contributed by atoms with Gasteiger partial charge in [0, 0.05) is 12.1 Å². The molecule has 1 saturated heterocycles. The maximum absolute atomic E-state index is 3.96. The van der Waals surface area contributed by atoms with Crippen molar-refractivity contribution in [2.75, 3.05) is 0 Å². The van der Waals surface area contributed by atoms with Gasteiger partial charge in [0.2, 0.25) is 0 Å². The largest absolute Gasteiger partial charge is 0.304 e. The molecule has 114 valence electrons. The summed E-state index contributed by atoms with van der Waals surface area (Å²) in [5.74, 6) is 0. The molecular weight excluding hydrogens is 268 g/mol. The summed E-state index contributed by atoms with van der Waals surface area (Å²) < 4.78 is 0. The van der Waals surface area contributed by atoms with Gasteiger partial charge in [0.1, 0.15) is 0 Å². The highest BCUT2D eigenvalue weighted by Crippen LogP contribution is 2.36. The van der Waals surface area contributed by atoms with Crippen LogP contribution in [0.15, 0.2) is 60.7 Å². The van der Waals surface area contributed by atoms with Gasteiger partial charge in [0.15, 0.2) is 0 Å². The summed E-state index contributed by atoms with van der Waals surface area (Å²) in [6, 6.07) is 23.7. The Labute approximate surface area is 132 Å². The Hall–Kier alpha value is -1.64. The summed E-state index contributed by atoms with van der Waals surface area (Å²) in [4.78, 5) is 0. The Kier molecular flexibility index (Phi) is 3.96. The van der Waals surface area contributed by atoms with E-state index in [1.54, 1.807) is 0 Å². The Morgan fingerprint density at radius 1 is 0.591 bits per heavy atom. The highest BCUT2D eigenvalue weighted by molar-refractivity contribution is 5.29. The lowest BCUT2D eigenvalue weighted by molar-refractivity contribution is 0.168. The van der Waals surface area contributed by atoms with Gasteiger partial charge < -0.3 is 10.6 Å². The van der Waals surface area contributed by atoms with E-state index in [1.807, 2.05) is 0 Å². The lowest BCUT2D eigenvalue weighted by Gasteiger charge is -2.46. The van der Waals surface area contributed by atoms with Crippen LogP contribution in [0.25, 0.3) is 0 Å². The number of hydrogen-bond donors (Lipinski definition) is 2. The van der Waals surface area contributed by atoms with E-state index in [-0.39, 0.29) is 0 Å². The minimum Gasteiger partial charge on any atom is -0.304 e. The smallest absolute Gasteiger partial charge is 0.0521 e. The molecule has 2 N–H and O–H groups in total. The lowest BCUT2D eigenvalue weighted by atomic mass is 9.82. The molecule has 22 heavy (non-hydrogen) atoms. The van der Waals surface area contributed by atoms with E-state index < -0.39 is 0 Å². The second-order valence-electron chi connectivity index (χ2n) is 6.61. The summed E-state index contributed by atoms with van der Waals surface area (Å²) in [5.41, 5.74) is 2.76. The highest BCUT2D eigenvalue weighted by Gasteiger charge is 2.38. The van der Waals surface area contributed by atoms with Gasteiger partial charge in [-0.25, -0.2) is 0 Å². The van der Waals surface area contributed by atoms with E-state index in [4.69, 9.17) is 0 Å². The summed E-state index contributed by atoms with van der Waals surface area (Å²) in [5, 5.41) is 7.92. The quantitative estimate of drug-likeness (QED) is 0.875. The molecule has 2 aliphatic rings. The molecule has 1 saturated carbocycles. The van der Waals surface area contributed by atoms with Crippen LogP contribution in [0.1, 0.15) is 48.9 Å². The molecule has 4 rings (SSSR count). The van der Waals surface area contributed by atoms with Crippen molar-refractivity contribution in [1.82, 2.24) is 10.6 Å². The van der Waals surface area contributed by atoms with Crippen LogP contribution in [0, 0.1) is 0 Å². The first-order chi connectivity index (χ1) is 10.9. The number of rotatable bonds is 2. The Balaban J connectivity index is 1.68. The minimum atomic E-state index is 0.350. The number of hydrogen-bond acceptors (Lipinski definition) is 2. The lowest BCUT2D eigenvalue weighted by Crippen LogP contribution is -2.59. The van der Waals surface area contributed by atoms with Crippen molar-refractivity contribution in [2.45, 2.75) is 49.9 Å². The van der Waals surface area contributed by atoms with Crippen LogP contribution in [0.2, 0.25) is 0 Å². The van der Waals surface area contributed by atoms with Crippen molar-refractivity contribution in [3.63, 3.8) is 0 Å². The van der Waals surface area contributed by atoms with Crippen molar-refractivity contribution < 1.29 is 0 Å². The van der Waals surface area contributed by atoms with Gasteiger partial charge in [0.25, 0.3) is 0 Å². The van der Waals surface area contributed by atoms with Gasteiger partial charge in [-0.2, -0.15) is 0 Å². The van der Waals surface area contributed by atoms with E-state index in [0.29, 0.717) is 24.2 Å². The molecule has 0 spiro atoms. The maximum Gasteiger partial charge on any atom is 0.0521 e. The molecule has 0 bridgehead atoms. The highest BCUT2D eigenvalue weighted by atomic mass is 15.2. The van der Waals surface area contributed by atoms with Crippen LogP contribution in [-0.2, 0) is 0 Å². The van der Waals surface area contributed by atoms with Crippen LogP contribution in [0.5, 0.6) is 0 Å². The van der Waals surface area contributed by atoms with Crippen molar-refractivity contribution in [3.8, 4) is 0 Å². The molecule has 2 nitrogen and oxygen atoms in total. The van der Waals surface area contributed by atoms with Crippen LogP contribution in [0.4, 0.5) is 0 Å². The van der Waals surface area contributed by atoms with E-state index in [0.717, 1.165) is 0 Å². The summed E-state index contributed by atoms with van der Waals surface area (Å²) in [7, 11) is 0. The molecule has 0 amide bonds. The van der Waals surface area contributed by atoms with Crippen LogP contribution in [0.3, 0.4) is 0 Å². The van der Waals surface area contributed by atoms with Gasteiger partial charge >= 0.3 is 0 Å². The zero-order chi connectivity index (χ0) is 14.8. The molecule has 2 aromatic carbocycles. The average Bonchev–Trinajstić information content (AvgIpc) is 2.62. The first kappa shape index (κ1) is 14.0. The fourth-order valence-electron chi connectivity index (χ4n) is 4.08. The van der Waals surface area contributed by atoms with Crippen molar-refractivity contribution in [1.29, 1.82) is 0 Å². The molecule has 2 fully saturated rings. The van der Waals surface area contributed by atoms with Crippen LogP contribution >= 0.6 is 0 Å². The first-order valence-electron chi connectivity index (χ1n) is 8.54. The third-order valence-corrected chi connectivity index (χ3v) is 5.20. The maximum atomic E-state index is 3.96. The molecule has 0 unspecified atom stereocenters. The van der Waals surface area contributed by atoms with Gasteiger partial charge in [-0.1, -0.05) is 73.5 Å². The van der Waals surface area contributed by atoms with Gasteiger partial charge in [-0.05, 0) is 24.0 Å². The topological polar surface area (TPSA) is 24.1 Å². The van der Waals surface area contributed by atoms with Crippen LogP contribution < -0.4 is 10.6 Å². The minimum absolute atomic E-state index is 0.350. The molecular formula is C20H24N2. The molecule has 1 aliphatic carbocycles. The Morgan fingerprint density at radius 3 is 1.41 bits per heavy atom. The standard InChI is InChI=1S/C20H24N2/c1-3-9-15(10-4-1)19-20(16-11-5-2-6-12-16)22-18-14-8-7-13-17(18)21-19/h1-6,9-12,17-22H,7-8,13-14H2/t17-,18-,19+,20+/m1/s1. The van der Waals surface area contributed by atoms with Crippen molar-refractivity contribution in [2.24, 2.45) is 0 Å². The monoisotopic (exact) mass is 292 g/mol. The average molecular weight is 292 g/mol. The zero-order valence-electron chi connectivity index (χ0n) is 12.9. The number of nitrogens with one attached hydrogen (secondary N) is 2. The molecule has 2 aromatic rings. The number of benzene rings is 2. The molecule has 0 aromatic heterocycles. The fraction of sp³-hybridized carbons (Fsp3) is 0.400. The fourth-order valence-corrected chi connectivity index (χ4v) is 4.08. The van der Waals surface area contributed by atoms with Crippen molar-refractivity contribution >= 4 is 0 Å². The summed E-state index contributed by atoms with van der Waals surface area (Å²) in [6.07, 6.45) is 5.30. The SMILES string of the molecule is c1ccc([C@@H]2N[C@@H]3CCCC[C@H]3N[C@H]2c2ccccc2)cc1. The number of fused-ring (bicyclic) bond motifs is 1.